The maximum Gasteiger partial charge on any atom is 0.261 e. The second-order valence-electron chi connectivity index (χ2n) is 5.35. The Morgan fingerprint density at radius 1 is 1.00 bits per heavy atom. The molecule has 0 amide bonds. The van der Waals surface area contributed by atoms with Crippen molar-refractivity contribution < 1.29 is 17.6 Å². The Balaban J connectivity index is 1.71. The molecule has 132 valence electrons. The number of hydrogen-bond acceptors (Lipinski definition) is 4. The molecular formula is C19H14ClNO4S. The Hall–Kier alpha value is -2.83. The number of benzene rings is 2. The summed E-state index contributed by atoms with van der Waals surface area (Å²) in [6, 6.07) is 15.5. The van der Waals surface area contributed by atoms with E-state index in [0.29, 0.717) is 22.0 Å². The van der Waals surface area contributed by atoms with Crippen LogP contribution in [0.25, 0.3) is 6.08 Å². The monoisotopic (exact) mass is 387 g/mol. The van der Waals surface area contributed by atoms with Crippen LogP contribution >= 0.6 is 11.6 Å². The van der Waals surface area contributed by atoms with Crippen molar-refractivity contribution in [3.8, 4) is 0 Å². The lowest BCUT2D eigenvalue weighted by molar-refractivity contribution is 0.104. The normalized spacial score (nSPS) is 11.6. The molecule has 0 fully saturated rings. The van der Waals surface area contributed by atoms with Crippen molar-refractivity contribution in [1.82, 2.24) is 0 Å². The van der Waals surface area contributed by atoms with Gasteiger partial charge in [-0.3, -0.25) is 9.52 Å². The van der Waals surface area contributed by atoms with Crippen molar-refractivity contribution in [2.24, 2.45) is 0 Å². The topological polar surface area (TPSA) is 76.4 Å². The number of halogens is 1. The van der Waals surface area contributed by atoms with Gasteiger partial charge in [-0.05, 0) is 72.8 Å². The summed E-state index contributed by atoms with van der Waals surface area (Å²) in [5.41, 5.74) is 0.786. The highest BCUT2D eigenvalue weighted by atomic mass is 35.5. The molecule has 2 aromatic carbocycles. The summed E-state index contributed by atoms with van der Waals surface area (Å²) in [7, 11) is -3.72. The Labute approximate surface area is 156 Å². The zero-order chi connectivity index (χ0) is 18.6. The van der Waals surface area contributed by atoms with Gasteiger partial charge in [0.05, 0.1) is 11.2 Å². The standard InChI is InChI=1S/C19H14ClNO4S/c20-15-5-10-18(11-6-15)26(23,24)21-16-7-3-14(4-8-16)19(22)12-9-17-2-1-13-25-17/h1-13,21H/b12-9+. The zero-order valence-corrected chi connectivity index (χ0v) is 15.0. The van der Waals surface area contributed by atoms with Gasteiger partial charge in [0.25, 0.3) is 10.0 Å². The van der Waals surface area contributed by atoms with E-state index in [-0.39, 0.29) is 10.7 Å². The van der Waals surface area contributed by atoms with Crippen LogP contribution < -0.4 is 4.72 Å². The first kappa shape index (κ1) is 18.0. The molecule has 0 bridgehead atoms. The highest BCUT2D eigenvalue weighted by Gasteiger charge is 2.14. The van der Waals surface area contributed by atoms with Gasteiger partial charge in [0.1, 0.15) is 5.76 Å². The molecule has 0 radical (unpaired) electrons. The summed E-state index contributed by atoms with van der Waals surface area (Å²) in [6.45, 7) is 0. The van der Waals surface area contributed by atoms with E-state index in [4.69, 9.17) is 16.0 Å². The van der Waals surface area contributed by atoms with Crippen molar-refractivity contribution in [1.29, 1.82) is 0 Å². The number of anilines is 1. The number of sulfonamides is 1. The molecule has 1 N–H and O–H groups in total. The van der Waals surface area contributed by atoms with E-state index >= 15 is 0 Å². The molecule has 3 rings (SSSR count). The lowest BCUT2D eigenvalue weighted by Crippen LogP contribution is -2.12. The summed E-state index contributed by atoms with van der Waals surface area (Å²) < 4.78 is 32.2. The molecule has 0 spiro atoms. The molecule has 0 aliphatic rings. The molecule has 7 heteroatoms. The largest absolute Gasteiger partial charge is 0.465 e. The summed E-state index contributed by atoms with van der Waals surface area (Å²) in [5, 5.41) is 0.453. The van der Waals surface area contributed by atoms with Crippen molar-refractivity contribution in [3.63, 3.8) is 0 Å². The third-order valence-corrected chi connectivity index (χ3v) is 5.14. The first-order chi connectivity index (χ1) is 12.4. The molecule has 0 saturated heterocycles. The van der Waals surface area contributed by atoms with Crippen LogP contribution in [0, 0.1) is 0 Å². The number of ketones is 1. The molecule has 1 aromatic heterocycles. The van der Waals surface area contributed by atoms with E-state index in [2.05, 4.69) is 4.72 Å². The summed E-state index contributed by atoms with van der Waals surface area (Å²) >= 11 is 5.77. The van der Waals surface area contributed by atoms with Crippen molar-refractivity contribution in [2.45, 2.75) is 4.90 Å². The number of hydrogen-bond donors (Lipinski definition) is 1. The lowest BCUT2D eigenvalue weighted by atomic mass is 10.1. The van der Waals surface area contributed by atoms with Crippen molar-refractivity contribution in [3.05, 3.63) is 89.3 Å². The number of carbonyl (C=O) groups excluding carboxylic acids is 1. The predicted octanol–water partition coefficient (Wildman–Crippen LogP) is 4.63. The molecule has 26 heavy (non-hydrogen) atoms. The van der Waals surface area contributed by atoms with E-state index < -0.39 is 10.0 Å². The average Bonchev–Trinajstić information content (AvgIpc) is 3.14. The zero-order valence-electron chi connectivity index (χ0n) is 13.4. The Kier molecular flexibility index (Phi) is 5.25. The quantitative estimate of drug-likeness (QED) is 0.494. The van der Waals surface area contributed by atoms with Gasteiger partial charge < -0.3 is 4.42 Å². The third-order valence-electron chi connectivity index (χ3n) is 3.49. The first-order valence-corrected chi connectivity index (χ1v) is 9.44. The summed E-state index contributed by atoms with van der Waals surface area (Å²) in [4.78, 5) is 12.2. The maximum absolute atomic E-state index is 12.3. The SMILES string of the molecule is O=C(/C=C/c1ccco1)c1ccc(NS(=O)(=O)c2ccc(Cl)cc2)cc1. The number of furan rings is 1. The Bertz CT molecular complexity index is 1020. The summed E-state index contributed by atoms with van der Waals surface area (Å²) in [6.07, 6.45) is 4.48. The van der Waals surface area contributed by atoms with Gasteiger partial charge in [-0.2, -0.15) is 0 Å². The average molecular weight is 388 g/mol. The van der Waals surface area contributed by atoms with Gasteiger partial charge in [0.15, 0.2) is 5.78 Å². The number of nitrogens with one attached hydrogen (secondary N) is 1. The van der Waals surface area contributed by atoms with Crippen LogP contribution in [-0.4, -0.2) is 14.2 Å². The molecule has 0 unspecified atom stereocenters. The highest BCUT2D eigenvalue weighted by molar-refractivity contribution is 7.92. The second-order valence-corrected chi connectivity index (χ2v) is 7.47. The van der Waals surface area contributed by atoms with Crippen LogP contribution in [0.5, 0.6) is 0 Å². The molecule has 0 aliphatic heterocycles. The van der Waals surface area contributed by atoms with Gasteiger partial charge in [0, 0.05) is 16.3 Å². The molecule has 3 aromatic rings. The molecule has 0 saturated carbocycles. The number of carbonyl (C=O) groups is 1. The minimum Gasteiger partial charge on any atom is -0.465 e. The Morgan fingerprint density at radius 2 is 1.69 bits per heavy atom. The number of allylic oxidation sites excluding steroid dienone is 1. The van der Waals surface area contributed by atoms with E-state index in [1.54, 1.807) is 30.3 Å². The second kappa shape index (κ2) is 7.59. The maximum atomic E-state index is 12.3. The smallest absolute Gasteiger partial charge is 0.261 e. The van der Waals surface area contributed by atoms with E-state index in [9.17, 15) is 13.2 Å². The van der Waals surface area contributed by atoms with Gasteiger partial charge in [0.2, 0.25) is 0 Å². The molecule has 0 atom stereocenters. The Morgan fingerprint density at radius 3 is 2.31 bits per heavy atom. The third kappa shape index (κ3) is 4.41. The lowest BCUT2D eigenvalue weighted by Gasteiger charge is -2.08. The van der Waals surface area contributed by atoms with Crippen molar-refractivity contribution >= 4 is 39.2 Å². The van der Waals surface area contributed by atoms with Crippen LogP contribution in [0.2, 0.25) is 5.02 Å². The van der Waals surface area contributed by atoms with E-state index in [1.807, 2.05) is 0 Å². The highest BCUT2D eigenvalue weighted by Crippen LogP contribution is 2.19. The van der Waals surface area contributed by atoms with Gasteiger partial charge >= 0.3 is 0 Å². The van der Waals surface area contributed by atoms with E-state index in [1.165, 1.54) is 48.7 Å². The van der Waals surface area contributed by atoms with E-state index in [0.717, 1.165) is 0 Å². The molecular weight excluding hydrogens is 374 g/mol. The van der Waals surface area contributed by atoms with Crippen LogP contribution in [0.1, 0.15) is 16.1 Å². The van der Waals surface area contributed by atoms with Gasteiger partial charge in [-0.15, -0.1) is 0 Å². The van der Waals surface area contributed by atoms with Crippen LogP contribution in [0.15, 0.2) is 82.3 Å². The minimum absolute atomic E-state index is 0.100. The van der Waals surface area contributed by atoms with Gasteiger partial charge in [-0.1, -0.05) is 11.6 Å². The fourth-order valence-electron chi connectivity index (χ4n) is 2.17. The summed E-state index contributed by atoms with van der Waals surface area (Å²) in [5.74, 6) is 0.360. The van der Waals surface area contributed by atoms with Crippen molar-refractivity contribution in [2.75, 3.05) is 4.72 Å². The van der Waals surface area contributed by atoms with Crippen LogP contribution in [0.4, 0.5) is 5.69 Å². The molecule has 0 aliphatic carbocycles. The minimum atomic E-state index is -3.72. The molecule has 1 heterocycles. The predicted molar refractivity (Wildman–Crippen MR) is 101 cm³/mol. The fourth-order valence-corrected chi connectivity index (χ4v) is 3.36. The van der Waals surface area contributed by atoms with Crippen LogP contribution in [0.3, 0.4) is 0 Å². The fraction of sp³-hybridized carbons (Fsp3) is 0. The van der Waals surface area contributed by atoms with Crippen LogP contribution in [-0.2, 0) is 10.0 Å². The first-order valence-electron chi connectivity index (χ1n) is 7.58. The molecule has 5 nitrogen and oxygen atoms in total. The number of rotatable bonds is 6. The van der Waals surface area contributed by atoms with Gasteiger partial charge in [-0.25, -0.2) is 8.42 Å².